The molecule has 0 aliphatic rings. The van der Waals surface area contributed by atoms with Crippen LogP contribution in [0.2, 0.25) is 10.0 Å². The Bertz CT molecular complexity index is 2480. The van der Waals surface area contributed by atoms with Gasteiger partial charge in [-0.25, -0.2) is 13.6 Å². The Morgan fingerprint density at radius 1 is 0.689 bits per heavy atom. The molecule has 0 spiro atoms. The summed E-state index contributed by atoms with van der Waals surface area (Å²) < 4.78 is 44.7. The number of carbonyl (C=O) groups is 1. The molecule has 6 aromatic rings. The van der Waals surface area contributed by atoms with Crippen molar-refractivity contribution in [2.75, 3.05) is 13.2 Å². The first kappa shape index (κ1) is 46.9. The molecule has 4 aromatic heterocycles. The summed E-state index contributed by atoms with van der Waals surface area (Å²) in [7, 11) is 0. The predicted octanol–water partition coefficient (Wildman–Crippen LogP) is 12.0. The van der Waals surface area contributed by atoms with Crippen LogP contribution in [0.25, 0.3) is 44.3 Å². The molecule has 0 bridgehead atoms. The maximum atomic E-state index is 13.8. The lowest BCUT2D eigenvalue weighted by atomic mass is 9.91. The van der Waals surface area contributed by atoms with E-state index in [-0.39, 0.29) is 18.2 Å². The van der Waals surface area contributed by atoms with E-state index in [0.717, 1.165) is 12.0 Å². The molecule has 0 saturated heterocycles. The molecule has 14 heteroatoms. The Labute approximate surface area is 366 Å². The second-order valence-corrected chi connectivity index (χ2v) is 18.5. The van der Waals surface area contributed by atoms with Gasteiger partial charge in [0.05, 0.1) is 50.4 Å². The molecule has 61 heavy (non-hydrogen) atoms. The first-order valence-corrected chi connectivity index (χ1v) is 20.8. The SMILES string of the molecule is CC(C)C[C@@](C)(COc1cnc(-c2ccnc3ccc(F)cc23)cc1Cl)NC(=O)OC(C)(C)C.CC(C)C[C@](C)(N)COc1cnc(-c2ccnc3ccc(F)cc23)cc1Cl. The first-order valence-electron chi connectivity index (χ1n) is 20.1. The van der Waals surface area contributed by atoms with Crippen molar-refractivity contribution in [2.24, 2.45) is 17.6 Å². The topological polar surface area (TPSA) is 134 Å². The molecular weight excluding hydrogens is 821 g/mol. The molecule has 6 rings (SSSR count). The van der Waals surface area contributed by atoms with Gasteiger partial charge in [-0.2, -0.15) is 0 Å². The third-order valence-electron chi connectivity index (χ3n) is 9.24. The fourth-order valence-corrected chi connectivity index (χ4v) is 7.51. The first-order chi connectivity index (χ1) is 28.6. The van der Waals surface area contributed by atoms with E-state index >= 15 is 0 Å². The number of nitrogens with one attached hydrogen (secondary N) is 1. The van der Waals surface area contributed by atoms with Crippen LogP contribution in [-0.2, 0) is 4.74 Å². The van der Waals surface area contributed by atoms with Gasteiger partial charge in [0.15, 0.2) is 11.5 Å². The number of halogens is 4. The molecule has 0 saturated carbocycles. The summed E-state index contributed by atoms with van der Waals surface area (Å²) in [5, 5.41) is 5.06. The van der Waals surface area contributed by atoms with Crippen LogP contribution in [0, 0.1) is 23.5 Å². The van der Waals surface area contributed by atoms with Gasteiger partial charge in [-0.1, -0.05) is 50.9 Å². The summed E-state index contributed by atoms with van der Waals surface area (Å²) in [5.74, 6) is 0.964. The highest BCUT2D eigenvalue weighted by atomic mass is 35.5. The maximum absolute atomic E-state index is 13.8. The van der Waals surface area contributed by atoms with E-state index in [1.807, 2.05) is 34.6 Å². The molecular formula is C47H54Cl2F2N6O4. The molecule has 10 nitrogen and oxygen atoms in total. The Morgan fingerprint density at radius 3 is 1.57 bits per heavy atom. The average molecular weight is 876 g/mol. The van der Waals surface area contributed by atoms with E-state index in [9.17, 15) is 13.6 Å². The van der Waals surface area contributed by atoms with Crippen molar-refractivity contribution in [2.45, 2.75) is 91.8 Å². The Kier molecular flexibility index (Phi) is 15.1. The Morgan fingerprint density at radius 2 is 1.15 bits per heavy atom. The van der Waals surface area contributed by atoms with Gasteiger partial charge in [0.25, 0.3) is 0 Å². The van der Waals surface area contributed by atoms with Crippen LogP contribution in [0.3, 0.4) is 0 Å². The smallest absolute Gasteiger partial charge is 0.408 e. The average Bonchev–Trinajstić information content (AvgIpc) is 3.15. The minimum Gasteiger partial charge on any atom is -0.488 e. The number of alkyl carbamates (subject to hydrolysis) is 1. The van der Waals surface area contributed by atoms with Gasteiger partial charge in [0.2, 0.25) is 0 Å². The summed E-state index contributed by atoms with van der Waals surface area (Å²) in [5.41, 5.74) is 8.58. The standard InChI is InChI=1S/C26H31ClFN3O3.C21H23ClFN3O/c1-16(2)13-26(6,31-24(32)34-25(3,4)5)15-33-23-14-30-22(12-20(23)27)18-9-10-29-21-8-7-17(28)11-19(18)21;1-13(2)10-21(3,24)12-27-20-11-26-19(9-17(20)22)15-6-7-25-18-5-4-14(23)8-16(15)18/h7-12,14,16H,13,15H2,1-6H3,(H,31,32);4-9,11,13H,10,12,24H2,1-3H3/t26-;21-/m00/s1. The number of pyridine rings is 4. The summed E-state index contributed by atoms with van der Waals surface area (Å²) in [6, 6.07) is 15.9. The van der Waals surface area contributed by atoms with E-state index in [4.69, 9.17) is 43.1 Å². The van der Waals surface area contributed by atoms with Crippen LogP contribution in [-0.4, -0.2) is 55.9 Å². The van der Waals surface area contributed by atoms with Gasteiger partial charge < -0.3 is 25.3 Å². The van der Waals surface area contributed by atoms with E-state index in [2.05, 4.69) is 52.9 Å². The van der Waals surface area contributed by atoms with Crippen molar-refractivity contribution in [1.29, 1.82) is 0 Å². The lowest BCUT2D eigenvalue weighted by molar-refractivity contribution is 0.0408. The molecule has 0 unspecified atom stereocenters. The number of rotatable bonds is 13. The number of benzene rings is 2. The van der Waals surface area contributed by atoms with Crippen molar-refractivity contribution in [3.05, 3.63) is 107 Å². The van der Waals surface area contributed by atoms with Gasteiger partial charge in [-0.3, -0.25) is 19.9 Å². The van der Waals surface area contributed by atoms with Crippen LogP contribution in [0.5, 0.6) is 11.5 Å². The number of nitrogens with zero attached hydrogens (tertiary/aromatic N) is 4. The summed E-state index contributed by atoms with van der Waals surface area (Å²) >= 11 is 12.9. The molecule has 2 aromatic carbocycles. The van der Waals surface area contributed by atoms with Crippen molar-refractivity contribution in [1.82, 2.24) is 25.3 Å². The third kappa shape index (κ3) is 13.4. The van der Waals surface area contributed by atoms with E-state index in [1.165, 1.54) is 30.5 Å². The fourth-order valence-electron chi connectivity index (χ4n) is 7.10. The van der Waals surface area contributed by atoms with Crippen LogP contribution in [0.4, 0.5) is 13.6 Å². The minimum atomic E-state index is -0.683. The van der Waals surface area contributed by atoms with E-state index in [0.29, 0.717) is 85.2 Å². The molecule has 0 fully saturated rings. The highest BCUT2D eigenvalue weighted by Crippen LogP contribution is 2.34. The van der Waals surface area contributed by atoms with Crippen LogP contribution in [0.1, 0.15) is 75.2 Å². The van der Waals surface area contributed by atoms with Crippen LogP contribution >= 0.6 is 23.2 Å². The number of aromatic nitrogens is 4. The van der Waals surface area contributed by atoms with Crippen molar-refractivity contribution >= 4 is 51.1 Å². The van der Waals surface area contributed by atoms with Gasteiger partial charge >= 0.3 is 6.09 Å². The number of hydrogen-bond acceptors (Lipinski definition) is 9. The predicted molar refractivity (Wildman–Crippen MR) is 240 cm³/mol. The zero-order chi connectivity index (χ0) is 44.7. The van der Waals surface area contributed by atoms with Crippen molar-refractivity contribution in [3.63, 3.8) is 0 Å². The molecule has 4 heterocycles. The number of nitrogens with two attached hydrogens (primary N) is 1. The fraction of sp³-hybridized carbons (Fsp3) is 0.383. The molecule has 0 aliphatic heterocycles. The summed E-state index contributed by atoms with van der Waals surface area (Å²) in [6.45, 7) is 18.2. The maximum Gasteiger partial charge on any atom is 0.408 e. The normalized spacial score (nSPS) is 13.6. The second kappa shape index (κ2) is 19.7. The van der Waals surface area contributed by atoms with Crippen LogP contribution in [0.15, 0.2) is 85.5 Å². The van der Waals surface area contributed by atoms with Gasteiger partial charge in [-0.05, 0) is 120 Å². The largest absolute Gasteiger partial charge is 0.488 e. The summed E-state index contributed by atoms with van der Waals surface area (Å²) in [6.07, 6.45) is 7.43. The Hall–Kier alpha value is -5.17. The molecule has 2 atom stereocenters. The monoisotopic (exact) mass is 874 g/mol. The number of amides is 1. The Balaban J connectivity index is 0.000000237. The van der Waals surface area contributed by atoms with E-state index < -0.39 is 22.8 Å². The lowest BCUT2D eigenvalue weighted by Gasteiger charge is -2.33. The molecule has 1 amide bonds. The van der Waals surface area contributed by atoms with Gasteiger partial charge in [0, 0.05) is 39.8 Å². The number of fused-ring (bicyclic) bond motifs is 2. The number of carbonyl (C=O) groups excluding carboxylic acids is 1. The zero-order valence-corrected chi connectivity index (χ0v) is 37.6. The molecule has 0 radical (unpaired) electrons. The highest BCUT2D eigenvalue weighted by molar-refractivity contribution is 6.32. The van der Waals surface area contributed by atoms with Crippen molar-refractivity contribution in [3.8, 4) is 34.0 Å². The number of ether oxygens (including phenoxy) is 3. The van der Waals surface area contributed by atoms with E-state index in [1.54, 1.807) is 55.0 Å². The molecule has 324 valence electrons. The quantitative estimate of drug-likeness (QED) is 0.116. The number of hydrogen-bond donors (Lipinski definition) is 2. The molecule has 3 N–H and O–H groups in total. The highest BCUT2D eigenvalue weighted by Gasteiger charge is 2.31. The molecule has 0 aliphatic carbocycles. The zero-order valence-electron chi connectivity index (χ0n) is 36.1. The minimum absolute atomic E-state index is 0.175. The lowest BCUT2D eigenvalue weighted by Crippen LogP contribution is -2.52. The van der Waals surface area contributed by atoms with Gasteiger partial charge in [-0.15, -0.1) is 0 Å². The van der Waals surface area contributed by atoms with Crippen LogP contribution < -0.4 is 20.5 Å². The third-order valence-corrected chi connectivity index (χ3v) is 9.83. The van der Waals surface area contributed by atoms with Crippen molar-refractivity contribution < 1.29 is 27.8 Å². The van der Waals surface area contributed by atoms with Gasteiger partial charge in [0.1, 0.15) is 30.4 Å². The summed E-state index contributed by atoms with van der Waals surface area (Å²) in [4.78, 5) is 29.9. The second-order valence-electron chi connectivity index (χ2n) is 17.7.